The summed E-state index contributed by atoms with van der Waals surface area (Å²) < 4.78 is 72.3. The SMILES string of the molecule is C=C(C)C(=O)OCC(COC(=O)C(=C)CC(C)(C)C(=O)OCC(COC(=O)C(=C)C)OC(=O)Cc1ccccc1-c1ccccc1)OC(=O)Cc1ccccc1-c1ccccc1.C=C(C)C(=O)OCC(O)COC(=O)C(=C)CC(C)(C)C(=O)OCC(O)COC(=O)C(=C)C.C=C(CC(C)(C)C(=O)OCC1CO1)C(=O)OCC1CO1.O=C=Nc1ccccc1-c1ccccc1. The summed E-state index contributed by atoms with van der Waals surface area (Å²) in [5, 5.41) is 19.5. The standard InChI is InChI=1S/C50H52O12.C22H32O10.C14H20O6.C13H9NO/c1-33(2)46(53)57-29-40(61-44(51)26-38-22-14-16-24-42(38)36-18-10-8-11-19-36)31-59-48(55)35(5)28-50(6,7)49(56)60-32-41(30-58-47(54)34(3)4)62-45(52)27-39-23-15-17-25-43(39)37-20-12-9-13-21-37;1-13(2)18(25)29-9-16(23)11-31-20(27)15(5)8-22(6,7)21(28)32-12-17(24)10-30-19(26)14(3)4;1-9(12(15)19-7-10-5-17-10)4-14(2,3)13(16)20-8-11-6-18-11;15-10-14-13-9-5-4-8-12(13)11-6-2-1-3-7-11/h8-25,40-41H,1,3,5,26-32H2,2,4,6-7H3;16-17,23-24H,1,3,5,8-12H2,2,4,6-7H3;10-11H,1,4-8H2,2-3H3;1-9H. The first-order valence-corrected chi connectivity index (χ1v) is 40.8. The van der Waals surface area contributed by atoms with Gasteiger partial charge >= 0.3 is 71.6 Å². The van der Waals surface area contributed by atoms with Crippen molar-refractivity contribution in [2.75, 3.05) is 79.3 Å². The maximum absolute atomic E-state index is 13.4. The van der Waals surface area contributed by atoms with E-state index in [1.54, 1.807) is 50.3 Å². The van der Waals surface area contributed by atoms with Crippen LogP contribution in [0.5, 0.6) is 0 Å². The van der Waals surface area contributed by atoms with E-state index in [2.05, 4.69) is 51.0 Å². The second-order valence-electron chi connectivity index (χ2n) is 32.0. The minimum atomic E-state index is -1.34. The monoisotopic (exact) mass is 1780 g/mol. The Kier molecular flexibility index (Phi) is 43.6. The third kappa shape index (κ3) is 39.4. The Bertz CT molecular complexity index is 5010. The first-order chi connectivity index (χ1) is 61.0. The van der Waals surface area contributed by atoms with Crippen LogP contribution in [0.4, 0.5) is 5.69 Å². The number of aliphatic imine (C=N–C) groups is 1. The lowest BCUT2D eigenvalue weighted by Gasteiger charge is -2.25. The number of epoxide rings is 2. The van der Waals surface area contributed by atoms with Crippen molar-refractivity contribution in [3.63, 3.8) is 0 Å². The maximum Gasteiger partial charge on any atom is 0.333 e. The van der Waals surface area contributed by atoms with E-state index in [0.717, 1.165) is 33.4 Å². The number of nitrogens with zero attached hydrogens (tertiary/aromatic N) is 1. The topological polar surface area (TPSA) is 411 Å². The molecule has 2 N–H and O–H groups in total. The molecule has 129 heavy (non-hydrogen) atoms. The van der Waals surface area contributed by atoms with Crippen molar-refractivity contribution in [2.24, 2.45) is 21.2 Å². The van der Waals surface area contributed by atoms with Gasteiger partial charge in [-0.25, -0.2) is 38.4 Å². The summed E-state index contributed by atoms with van der Waals surface area (Å²) in [5.74, 6) is -8.21. The van der Waals surface area contributed by atoms with Crippen LogP contribution >= 0.6 is 0 Å². The molecule has 688 valence electrons. The van der Waals surface area contributed by atoms with E-state index in [9.17, 15) is 72.5 Å². The largest absolute Gasteiger partial charge is 0.462 e. The molecule has 2 aliphatic rings. The minimum Gasteiger partial charge on any atom is -0.462 e. The third-order valence-electron chi connectivity index (χ3n) is 18.3. The molecule has 0 bridgehead atoms. The number of ether oxygens (including phenoxy) is 14. The zero-order valence-corrected chi connectivity index (χ0v) is 74.4. The van der Waals surface area contributed by atoms with E-state index in [1.807, 2.05) is 133 Å². The van der Waals surface area contributed by atoms with Gasteiger partial charge in [-0.2, -0.15) is 4.99 Å². The summed E-state index contributed by atoms with van der Waals surface area (Å²) in [6, 6.07) is 51.1. The summed E-state index contributed by atoms with van der Waals surface area (Å²) >= 11 is 0. The summed E-state index contributed by atoms with van der Waals surface area (Å²) in [6.45, 7) is 38.6. The molecular formula is C99H113NO29. The lowest BCUT2D eigenvalue weighted by Crippen LogP contribution is -2.35. The van der Waals surface area contributed by atoms with Crippen LogP contribution in [0.25, 0.3) is 33.4 Å². The van der Waals surface area contributed by atoms with E-state index in [-0.39, 0.29) is 116 Å². The van der Waals surface area contributed by atoms with Crippen molar-refractivity contribution in [1.82, 2.24) is 0 Å². The molecule has 0 radical (unpaired) electrons. The molecule has 0 saturated carbocycles. The summed E-state index contributed by atoms with van der Waals surface area (Å²) in [7, 11) is 0. The molecule has 6 unspecified atom stereocenters. The number of aliphatic hydroxyl groups excluding tert-OH is 2. The molecule has 2 fully saturated rings. The van der Waals surface area contributed by atoms with Crippen molar-refractivity contribution < 1.29 is 139 Å². The highest BCUT2D eigenvalue weighted by atomic mass is 16.6. The van der Waals surface area contributed by atoms with Crippen LogP contribution in [0.15, 0.2) is 254 Å². The van der Waals surface area contributed by atoms with E-state index in [4.69, 9.17) is 66.3 Å². The smallest absolute Gasteiger partial charge is 0.333 e. The summed E-state index contributed by atoms with van der Waals surface area (Å²) in [6.07, 6.45) is -3.59. The van der Waals surface area contributed by atoms with Crippen LogP contribution in [0, 0.1) is 16.2 Å². The van der Waals surface area contributed by atoms with Crippen LogP contribution in [0.3, 0.4) is 0 Å². The van der Waals surface area contributed by atoms with Crippen molar-refractivity contribution in [2.45, 2.75) is 138 Å². The Labute approximate surface area is 750 Å². The predicted molar refractivity (Wildman–Crippen MR) is 474 cm³/mol. The molecule has 2 saturated heterocycles. The molecule has 0 spiro atoms. The fourth-order valence-corrected chi connectivity index (χ4v) is 11.2. The number of hydrogen-bond donors (Lipinski definition) is 2. The lowest BCUT2D eigenvalue weighted by molar-refractivity contribution is -0.169. The highest BCUT2D eigenvalue weighted by Gasteiger charge is 2.38. The molecule has 0 amide bonds. The average Bonchev–Trinajstić information content (AvgIpc) is 1.75. The van der Waals surface area contributed by atoms with Gasteiger partial charge in [-0.05, 0) is 134 Å². The van der Waals surface area contributed by atoms with Gasteiger partial charge in [0.2, 0.25) is 6.08 Å². The van der Waals surface area contributed by atoms with Gasteiger partial charge in [-0.15, -0.1) is 0 Å². The zero-order valence-electron chi connectivity index (χ0n) is 74.4. The molecule has 30 heteroatoms. The lowest BCUT2D eigenvalue weighted by atomic mass is 9.86. The maximum atomic E-state index is 13.4. The predicted octanol–water partition coefficient (Wildman–Crippen LogP) is 13.1. The van der Waals surface area contributed by atoms with Crippen molar-refractivity contribution in [3.05, 3.63) is 260 Å². The number of aliphatic hydroxyl groups is 2. The van der Waals surface area contributed by atoms with Gasteiger partial charge in [0.05, 0.1) is 48.0 Å². The first kappa shape index (κ1) is 106. The molecule has 6 atom stereocenters. The third-order valence-corrected chi connectivity index (χ3v) is 18.3. The Hall–Kier alpha value is -13.6. The van der Waals surface area contributed by atoms with Crippen LogP contribution in [-0.2, 0) is 141 Å². The summed E-state index contributed by atoms with van der Waals surface area (Å²) in [5.41, 5.74) is 4.87. The minimum absolute atomic E-state index is 0.0169. The molecule has 0 aromatic heterocycles. The van der Waals surface area contributed by atoms with Gasteiger partial charge < -0.3 is 76.5 Å². The van der Waals surface area contributed by atoms with Crippen LogP contribution in [0.1, 0.15) is 99.6 Å². The van der Waals surface area contributed by atoms with Crippen LogP contribution in [-0.4, -0.2) is 204 Å². The second-order valence-corrected chi connectivity index (χ2v) is 32.0. The van der Waals surface area contributed by atoms with E-state index >= 15 is 0 Å². The van der Waals surface area contributed by atoms with Gasteiger partial charge in [0.1, 0.15) is 90.5 Å². The Morgan fingerprint density at radius 3 is 0.977 bits per heavy atom. The molecule has 2 heterocycles. The van der Waals surface area contributed by atoms with Crippen molar-refractivity contribution >= 4 is 83.4 Å². The number of benzene rings is 6. The summed E-state index contributed by atoms with van der Waals surface area (Å²) in [4.78, 5) is 162. The van der Waals surface area contributed by atoms with Crippen molar-refractivity contribution in [3.8, 4) is 33.4 Å². The second kappa shape index (κ2) is 53.1. The average molecular weight is 1780 g/mol. The fraction of sp³-hybridized carbons (Fsp3) is 0.364. The van der Waals surface area contributed by atoms with Crippen LogP contribution in [0.2, 0.25) is 0 Å². The Balaban J connectivity index is 0.000000360. The normalized spacial score (nSPS) is 13.6. The van der Waals surface area contributed by atoms with Gasteiger partial charge in [0, 0.05) is 44.6 Å². The van der Waals surface area contributed by atoms with Crippen LogP contribution < -0.4 is 0 Å². The van der Waals surface area contributed by atoms with Gasteiger partial charge in [-0.1, -0.05) is 204 Å². The Morgan fingerprint density at radius 2 is 0.628 bits per heavy atom. The molecule has 8 rings (SSSR count). The Morgan fingerprint density at radius 1 is 0.364 bits per heavy atom. The van der Waals surface area contributed by atoms with Gasteiger partial charge in [-0.3, -0.25) is 24.0 Å². The highest BCUT2D eigenvalue weighted by Crippen LogP contribution is 2.33. The fourth-order valence-electron chi connectivity index (χ4n) is 11.2. The van der Waals surface area contributed by atoms with Crippen molar-refractivity contribution in [1.29, 1.82) is 0 Å². The number of esters is 12. The molecule has 30 nitrogen and oxygen atoms in total. The zero-order chi connectivity index (χ0) is 95.6. The molecule has 2 aliphatic heterocycles. The van der Waals surface area contributed by atoms with E-state index in [0.29, 0.717) is 30.0 Å². The first-order valence-electron chi connectivity index (χ1n) is 40.8. The number of isocyanates is 1. The molecule has 6 aromatic rings. The van der Waals surface area contributed by atoms with E-state index < -0.39 is 146 Å². The van der Waals surface area contributed by atoms with E-state index in [1.165, 1.54) is 55.4 Å². The molecule has 0 aliphatic carbocycles. The van der Waals surface area contributed by atoms with Gasteiger partial charge in [0.25, 0.3) is 0 Å². The number of hydrogen-bond acceptors (Lipinski definition) is 30. The number of carbonyl (C=O) groups is 12. The molecular weight excluding hydrogens is 1670 g/mol. The quantitative estimate of drug-likeness (QED) is 0.00895. The highest BCUT2D eigenvalue weighted by molar-refractivity contribution is 5.92. The number of para-hydroxylation sites is 1. The number of rotatable bonds is 46. The number of carbonyl (C=O) groups excluding carboxylic acids is 13. The van der Waals surface area contributed by atoms with Gasteiger partial charge in [0.15, 0.2) is 12.2 Å². The molecule has 6 aromatic carbocycles.